The predicted octanol–water partition coefficient (Wildman–Crippen LogP) is 2.66. The van der Waals surface area contributed by atoms with E-state index in [9.17, 15) is 24.5 Å². The Balaban J connectivity index is 1.76. The maximum absolute atomic E-state index is 12.9. The van der Waals surface area contributed by atoms with Crippen molar-refractivity contribution < 1.29 is 24.0 Å². The number of rotatable bonds is 6. The quantitative estimate of drug-likeness (QED) is 0.410. The van der Waals surface area contributed by atoms with Crippen LogP contribution in [-0.2, 0) is 15.1 Å². The second-order valence-corrected chi connectivity index (χ2v) is 7.05. The number of hydrogen-bond donors (Lipinski definition) is 2. The SMILES string of the molecule is COc1ccc(C2(C)NC(=O)N(CC(=O)Nc3cc([N+](=O)[O-])ccc3Cl)C2=O)cc1. The number of methoxy groups -OCH3 is 1. The molecule has 4 amide bonds. The molecule has 0 aliphatic carbocycles. The molecule has 2 aromatic rings. The molecule has 1 unspecified atom stereocenters. The van der Waals surface area contributed by atoms with Gasteiger partial charge in [0.1, 0.15) is 17.8 Å². The smallest absolute Gasteiger partial charge is 0.325 e. The second kappa shape index (κ2) is 7.99. The van der Waals surface area contributed by atoms with Crippen LogP contribution in [0.1, 0.15) is 12.5 Å². The van der Waals surface area contributed by atoms with Crippen LogP contribution in [0.3, 0.4) is 0 Å². The molecule has 11 heteroatoms. The van der Waals surface area contributed by atoms with Crippen molar-refractivity contribution in [2.45, 2.75) is 12.5 Å². The molecule has 0 radical (unpaired) electrons. The van der Waals surface area contributed by atoms with E-state index in [2.05, 4.69) is 10.6 Å². The van der Waals surface area contributed by atoms with E-state index in [-0.39, 0.29) is 16.4 Å². The highest BCUT2D eigenvalue weighted by atomic mass is 35.5. The van der Waals surface area contributed by atoms with Gasteiger partial charge in [0.25, 0.3) is 11.6 Å². The van der Waals surface area contributed by atoms with Gasteiger partial charge in [0, 0.05) is 12.1 Å². The van der Waals surface area contributed by atoms with Crippen molar-refractivity contribution >= 4 is 40.8 Å². The zero-order chi connectivity index (χ0) is 22.1. The standard InChI is InChI=1S/C19H17ClN4O6/c1-19(11-3-6-13(30-2)7-4-11)17(26)23(18(27)22-19)10-16(25)21-15-9-12(24(28)29)5-8-14(15)20/h3-9H,10H2,1-2H3,(H,21,25)(H,22,27). The predicted molar refractivity (Wildman–Crippen MR) is 107 cm³/mol. The molecule has 10 nitrogen and oxygen atoms in total. The summed E-state index contributed by atoms with van der Waals surface area (Å²) in [7, 11) is 1.51. The molecule has 0 aromatic heterocycles. The minimum atomic E-state index is -1.35. The van der Waals surface area contributed by atoms with Crippen molar-refractivity contribution in [3.63, 3.8) is 0 Å². The van der Waals surface area contributed by atoms with Gasteiger partial charge in [-0.25, -0.2) is 4.79 Å². The molecule has 156 valence electrons. The van der Waals surface area contributed by atoms with E-state index < -0.39 is 34.9 Å². The van der Waals surface area contributed by atoms with Gasteiger partial charge in [-0.3, -0.25) is 24.6 Å². The van der Waals surface area contributed by atoms with Crippen molar-refractivity contribution in [2.24, 2.45) is 0 Å². The number of benzene rings is 2. The Hall–Kier alpha value is -3.66. The van der Waals surface area contributed by atoms with Crippen LogP contribution in [0, 0.1) is 10.1 Å². The van der Waals surface area contributed by atoms with Gasteiger partial charge < -0.3 is 15.4 Å². The lowest BCUT2D eigenvalue weighted by Gasteiger charge is -2.22. The minimum absolute atomic E-state index is 0.000775. The number of nitrogens with zero attached hydrogens (tertiary/aromatic N) is 2. The summed E-state index contributed by atoms with van der Waals surface area (Å²) in [5, 5.41) is 16.0. The molecular formula is C19H17ClN4O6. The molecule has 1 heterocycles. The summed E-state index contributed by atoms with van der Waals surface area (Å²) in [6.45, 7) is 0.944. The molecule has 30 heavy (non-hydrogen) atoms. The van der Waals surface area contributed by atoms with Crippen LogP contribution in [0.2, 0.25) is 5.02 Å². The van der Waals surface area contributed by atoms with E-state index in [1.165, 1.54) is 26.2 Å². The van der Waals surface area contributed by atoms with Crippen molar-refractivity contribution in [1.82, 2.24) is 10.2 Å². The van der Waals surface area contributed by atoms with Crippen LogP contribution in [0.4, 0.5) is 16.2 Å². The van der Waals surface area contributed by atoms with E-state index in [0.29, 0.717) is 11.3 Å². The Kier molecular flexibility index (Phi) is 5.61. The maximum atomic E-state index is 12.9. The summed E-state index contributed by atoms with van der Waals surface area (Å²) in [5.74, 6) is -0.762. The number of carbonyl (C=O) groups excluding carboxylic acids is 3. The number of nitro benzene ring substituents is 1. The monoisotopic (exact) mass is 432 g/mol. The average Bonchev–Trinajstić information content (AvgIpc) is 2.93. The molecule has 2 N–H and O–H groups in total. The number of carbonyl (C=O) groups is 3. The summed E-state index contributed by atoms with van der Waals surface area (Å²) >= 11 is 5.96. The van der Waals surface area contributed by atoms with Crippen LogP contribution < -0.4 is 15.4 Å². The normalized spacial score (nSPS) is 18.2. The summed E-state index contributed by atoms with van der Waals surface area (Å²) in [6.07, 6.45) is 0. The van der Waals surface area contributed by atoms with Crippen molar-refractivity contribution in [1.29, 1.82) is 0 Å². The number of nitrogens with one attached hydrogen (secondary N) is 2. The highest BCUT2D eigenvalue weighted by molar-refractivity contribution is 6.33. The molecule has 1 aliphatic heterocycles. The molecule has 1 aliphatic rings. The lowest BCUT2D eigenvalue weighted by Crippen LogP contribution is -2.42. The number of urea groups is 1. The first-order valence-corrected chi connectivity index (χ1v) is 9.06. The summed E-state index contributed by atoms with van der Waals surface area (Å²) in [4.78, 5) is 48.7. The van der Waals surface area contributed by atoms with Gasteiger partial charge in [-0.15, -0.1) is 0 Å². The van der Waals surface area contributed by atoms with Crippen molar-refractivity contribution in [3.05, 3.63) is 63.2 Å². The first-order chi connectivity index (χ1) is 14.2. The highest BCUT2D eigenvalue weighted by Crippen LogP contribution is 2.30. The Bertz CT molecular complexity index is 1040. The van der Waals surface area contributed by atoms with Gasteiger partial charge in [0.2, 0.25) is 5.91 Å². The molecule has 2 aromatic carbocycles. The Labute approximate surface area is 175 Å². The largest absolute Gasteiger partial charge is 0.497 e. The summed E-state index contributed by atoms with van der Waals surface area (Å²) in [5.41, 5.74) is -1.10. The number of imide groups is 1. The van der Waals surface area contributed by atoms with E-state index >= 15 is 0 Å². The number of anilines is 1. The fraction of sp³-hybridized carbons (Fsp3) is 0.211. The molecule has 3 rings (SSSR count). The number of halogens is 1. The third-order valence-electron chi connectivity index (χ3n) is 4.68. The van der Waals surface area contributed by atoms with Crippen LogP contribution >= 0.6 is 11.6 Å². The number of nitro groups is 1. The lowest BCUT2D eigenvalue weighted by molar-refractivity contribution is -0.384. The first kappa shape index (κ1) is 21.1. The Morgan fingerprint density at radius 3 is 2.53 bits per heavy atom. The van der Waals surface area contributed by atoms with E-state index in [4.69, 9.17) is 16.3 Å². The molecule has 0 bridgehead atoms. The fourth-order valence-corrected chi connectivity index (χ4v) is 3.18. The van der Waals surface area contributed by atoms with Crippen LogP contribution in [0.5, 0.6) is 5.75 Å². The third-order valence-corrected chi connectivity index (χ3v) is 5.01. The molecular weight excluding hydrogens is 416 g/mol. The molecule has 1 saturated heterocycles. The van der Waals surface area contributed by atoms with E-state index in [1.54, 1.807) is 24.3 Å². The first-order valence-electron chi connectivity index (χ1n) is 8.68. The van der Waals surface area contributed by atoms with Gasteiger partial charge in [0.15, 0.2) is 0 Å². The van der Waals surface area contributed by atoms with Gasteiger partial charge in [-0.2, -0.15) is 0 Å². The molecule has 1 fully saturated rings. The highest BCUT2D eigenvalue weighted by Gasteiger charge is 2.49. The van der Waals surface area contributed by atoms with Gasteiger partial charge in [-0.1, -0.05) is 23.7 Å². The fourth-order valence-electron chi connectivity index (χ4n) is 3.02. The number of non-ortho nitro benzene ring substituents is 1. The topological polar surface area (TPSA) is 131 Å². The minimum Gasteiger partial charge on any atom is -0.497 e. The number of amides is 4. The zero-order valence-corrected chi connectivity index (χ0v) is 16.7. The van der Waals surface area contributed by atoms with E-state index in [0.717, 1.165) is 11.0 Å². The maximum Gasteiger partial charge on any atom is 0.325 e. The van der Waals surface area contributed by atoms with Crippen molar-refractivity contribution in [2.75, 3.05) is 19.0 Å². The van der Waals surface area contributed by atoms with Gasteiger partial charge >= 0.3 is 6.03 Å². The molecule has 1 atom stereocenters. The number of ether oxygens (including phenoxy) is 1. The Morgan fingerprint density at radius 1 is 1.27 bits per heavy atom. The number of hydrogen-bond acceptors (Lipinski definition) is 6. The van der Waals surface area contributed by atoms with Gasteiger partial charge in [0.05, 0.1) is 22.7 Å². The average molecular weight is 433 g/mol. The zero-order valence-electron chi connectivity index (χ0n) is 16.0. The van der Waals surface area contributed by atoms with Crippen molar-refractivity contribution in [3.8, 4) is 5.75 Å². The third kappa shape index (κ3) is 3.90. The molecule has 0 saturated carbocycles. The van der Waals surface area contributed by atoms with Gasteiger partial charge in [-0.05, 0) is 30.7 Å². The van der Waals surface area contributed by atoms with E-state index in [1.807, 2.05) is 0 Å². The second-order valence-electron chi connectivity index (χ2n) is 6.64. The Morgan fingerprint density at radius 2 is 1.93 bits per heavy atom. The van der Waals surface area contributed by atoms with Crippen LogP contribution in [0.25, 0.3) is 0 Å². The summed E-state index contributed by atoms with van der Waals surface area (Å²) < 4.78 is 5.09. The molecule has 0 spiro atoms. The van der Waals surface area contributed by atoms with Crippen LogP contribution in [0.15, 0.2) is 42.5 Å². The summed E-state index contributed by atoms with van der Waals surface area (Å²) in [6, 6.07) is 9.40. The lowest BCUT2D eigenvalue weighted by atomic mass is 9.92. The van der Waals surface area contributed by atoms with Crippen LogP contribution in [-0.4, -0.2) is 41.3 Å².